The predicted molar refractivity (Wildman–Crippen MR) is 108 cm³/mol. The Balaban J connectivity index is 1.64. The van der Waals surface area contributed by atoms with Crippen LogP contribution in [-0.4, -0.2) is 5.91 Å². The van der Waals surface area contributed by atoms with Gasteiger partial charge in [-0.15, -0.1) is 0 Å². The maximum atomic E-state index is 12.6. The van der Waals surface area contributed by atoms with E-state index in [9.17, 15) is 9.59 Å². The molecule has 4 rings (SSSR count). The number of rotatable bonds is 3. The number of benzene rings is 2. The van der Waals surface area contributed by atoms with Crippen molar-refractivity contribution in [3.05, 3.63) is 63.8 Å². The molecule has 0 atom stereocenters. The molecule has 1 heterocycles. The van der Waals surface area contributed by atoms with Crippen molar-refractivity contribution in [2.45, 2.75) is 32.1 Å². The van der Waals surface area contributed by atoms with Gasteiger partial charge in [-0.25, -0.2) is 0 Å². The molecule has 0 saturated heterocycles. The molecule has 0 radical (unpaired) electrons. The lowest BCUT2D eigenvalue weighted by Crippen LogP contribution is -2.24. The fourth-order valence-electron chi connectivity index (χ4n) is 3.64. The van der Waals surface area contributed by atoms with E-state index >= 15 is 0 Å². The molecule has 1 N–H and O–H groups in total. The summed E-state index contributed by atoms with van der Waals surface area (Å²) in [5.41, 5.74) is 1.59. The number of hydrogen-bond acceptors (Lipinski definition) is 3. The third kappa shape index (κ3) is 3.76. The summed E-state index contributed by atoms with van der Waals surface area (Å²) in [6.07, 6.45) is 5.27. The van der Waals surface area contributed by atoms with Crippen LogP contribution in [0.5, 0.6) is 0 Å². The third-order valence-corrected chi connectivity index (χ3v) is 5.44. The van der Waals surface area contributed by atoms with Crippen LogP contribution in [0.3, 0.4) is 0 Å². The average molecular weight is 382 g/mol. The van der Waals surface area contributed by atoms with Crippen LogP contribution in [0, 0.1) is 5.92 Å². The lowest BCUT2D eigenvalue weighted by Gasteiger charge is -2.20. The highest BCUT2D eigenvalue weighted by Gasteiger charge is 2.21. The molecular weight excluding hydrogens is 362 g/mol. The zero-order valence-corrected chi connectivity index (χ0v) is 15.6. The van der Waals surface area contributed by atoms with Crippen molar-refractivity contribution in [2.75, 3.05) is 5.32 Å². The van der Waals surface area contributed by atoms with E-state index in [2.05, 4.69) is 5.32 Å². The normalized spacial score (nSPS) is 15.0. The molecule has 27 heavy (non-hydrogen) atoms. The van der Waals surface area contributed by atoms with Gasteiger partial charge in [-0.05, 0) is 43.2 Å². The molecule has 4 nitrogen and oxygen atoms in total. The maximum absolute atomic E-state index is 12.6. The van der Waals surface area contributed by atoms with Crippen molar-refractivity contribution >= 4 is 34.2 Å². The summed E-state index contributed by atoms with van der Waals surface area (Å²) in [6.45, 7) is 0. The van der Waals surface area contributed by atoms with E-state index in [1.807, 2.05) is 18.2 Å². The number of hydrogen-bond donors (Lipinski definition) is 1. The highest BCUT2D eigenvalue weighted by molar-refractivity contribution is 6.33. The second-order valence-electron chi connectivity index (χ2n) is 6.99. The minimum Gasteiger partial charge on any atom is -0.456 e. The molecule has 1 aromatic heterocycles. The predicted octanol–water partition coefficient (Wildman–Crippen LogP) is 5.63. The molecule has 3 aromatic rings. The van der Waals surface area contributed by atoms with E-state index < -0.39 is 0 Å². The van der Waals surface area contributed by atoms with Gasteiger partial charge in [0.15, 0.2) is 5.43 Å². The Hall–Kier alpha value is -2.59. The van der Waals surface area contributed by atoms with Crippen LogP contribution in [0.25, 0.3) is 22.3 Å². The lowest BCUT2D eigenvalue weighted by atomic mass is 9.88. The topological polar surface area (TPSA) is 59.3 Å². The Morgan fingerprint density at radius 1 is 1.04 bits per heavy atom. The summed E-state index contributed by atoms with van der Waals surface area (Å²) in [6, 6.07) is 13.8. The monoisotopic (exact) mass is 381 g/mol. The minimum absolute atomic E-state index is 0.0334. The highest BCUT2D eigenvalue weighted by atomic mass is 35.5. The second kappa shape index (κ2) is 7.57. The van der Waals surface area contributed by atoms with Gasteiger partial charge in [0.2, 0.25) is 5.91 Å². The molecular formula is C22H20ClNO3. The van der Waals surface area contributed by atoms with Gasteiger partial charge >= 0.3 is 0 Å². The number of nitrogens with one attached hydrogen (secondary N) is 1. The van der Waals surface area contributed by atoms with Gasteiger partial charge in [0.05, 0.1) is 10.4 Å². The first-order valence-corrected chi connectivity index (χ1v) is 9.63. The molecule has 1 aliphatic carbocycles. The molecule has 0 aliphatic heterocycles. The number of fused-ring (bicyclic) bond motifs is 1. The Kier molecular flexibility index (Phi) is 4.99. The summed E-state index contributed by atoms with van der Waals surface area (Å²) in [5.74, 6) is 0.525. The smallest absolute Gasteiger partial charge is 0.227 e. The average Bonchev–Trinajstić information content (AvgIpc) is 2.69. The molecule has 0 spiro atoms. The van der Waals surface area contributed by atoms with E-state index in [1.54, 1.807) is 24.3 Å². The first-order valence-electron chi connectivity index (χ1n) is 9.25. The van der Waals surface area contributed by atoms with Gasteiger partial charge in [-0.3, -0.25) is 9.59 Å². The molecule has 2 aromatic carbocycles. The molecule has 0 unspecified atom stereocenters. The van der Waals surface area contributed by atoms with Gasteiger partial charge < -0.3 is 9.73 Å². The quantitative estimate of drug-likeness (QED) is 0.639. The molecule has 1 aliphatic rings. The fourth-order valence-corrected chi connectivity index (χ4v) is 3.87. The summed E-state index contributed by atoms with van der Waals surface area (Å²) in [5, 5.41) is 3.91. The van der Waals surface area contributed by atoms with Gasteiger partial charge in [0, 0.05) is 23.2 Å². The number of carbonyl (C=O) groups is 1. The summed E-state index contributed by atoms with van der Waals surface area (Å²) in [7, 11) is 0. The molecule has 0 bridgehead atoms. The van der Waals surface area contributed by atoms with Crippen LogP contribution in [0.15, 0.2) is 57.7 Å². The fraction of sp³-hybridized carbons (Fsp3) is 0.273. The third-order valence-electron chi connectivity index (χ3n) is 5.11. The number of amides is 1. The van der Waals surface area contributed by atoms with E-state index in [0.717, 1.165) is 25.7 Å². The Morgan fingerprint density at radius 2 is 1.81 bits per heavy atom. The van der Waals surface area contributed by atoms with Gasteiger partial charge in [-0.2, -0.15) is 0 Å². The molecule has 1 saturated carbocycles. The zero-order chi connectivity index (χ0) is 18.8. The van der Waals surface area contributed by atoms with Crippen LogP contribution in [0.1, 0.15) is 32.1 Å². The van der Waals surface area contributed by atoms with Crippen LogP contribution < -0.4 is 10.7 Å². The molecule has 1 amide bonds. The van der Waals surface area contributed by atoms with Crippen LogP contribution in [0.4, 0.5) is 5.69 Å². The van der Waals surface area contributed by atoms with Crippen LogP contribution >= 0.6 is 11.6 Å². The Labute approximate surface area is 162 Å². The van der Waals surface area contributed by atoms with Gasteiger partial charge in [0.1, 0.15) is 11.3 Å². The Morgan fingerprint density at radius 3 is 2.59 bits per heavy atom. The lowest BCUT2D eigenvalue weighted by molar-refractivity contribution is -0.120. The van der Waals surface area contributed by atoms with Gasteiger partial charge in [0.25, 0.3) is 0 Å². The van der Waals surface area contributed by atoms with E-state index in [-0.39, 0.29) is 17.3 Å². The minimum atomic E-state index is -0.167. The Bertz CT molecular complexity index is 1050. The van der Waals surface area contributed by atoms with Crippen molar-refractivity contribution in [2.24, 2.45) is 5.92 Å². The van der Waals surface area contributed by atoms with E-state index in [0.29, 0.717) is 33.0 Å². The highest BCUT2D eigenvalue weighted by Crippen LogP contribution is 2.30. The largest absolute Gasteiger partial charge is 0.456 e. The maximum Gasteiger partial charge on any atom is 0.227 e. The van der Waals surface area contributed by atoms with Crippen LogP contribution in [0.2, 0.25) is 5.02 Å². The number of carbonyl (C=O) groups excluding carboxylic acids is 1. The zero-order valence-electron chi connectivity index (χ0n) is 14.8. The van der Waals surface area contributed by atoms with Crippen molar-refractivity contribution in [3.63, 3.8) is 0 Å². The summed E-state index contributed by atoms with van der Waals surface area (Å²) < 4.78 is 5.89. The van der Waals surface area contributed by atoms with Crippen molar-refractivity contribution in [3.8, 4) is 11.3 Å². The second-order valence-corrected chi connectivity index (χ2v) is 7.40. The van der Waals surface area contributed by atoms with Crippen molar-refractivity contribution in [1.29, 1.82) is 0 Å². The molecule has 5 heteroatoms. The van der Waals surface area contributed by atoms with Gasteiger partial charge in [-0.1, -0.05) is 43.0 Å². The van der Waals surface area contributed by atoms with Crippen LogP contribution in [-0.2, 0) is 4.79 Å². The molecule has 138 valence electrons. The summed E-state index contributed by atoms with van der Waals surface area (Å²) in [4.78, 5) is 25.0. The SMILES string of the molecule is O=C(Nc1ccc2oc(-c3ccccc3Cl)cc(=O)c2c1)C1CCCCC1. The first kappa shape index (κ1) is 17.8. The first-order chi connectivity index (χ1) is 13.1. The molecule has 1 fully saturated rings. The number of halogens is 1. The van der Waals surface area contributed by atoms with E-state index in [4.69, 9.17) is 16.0 Å². The van der Waals surface area contributed by atoms with Crippen molar-refractivity contribution in [1.82, 2.24) is 0 Å². The van der Waals surface area contributed by atoms with Crippen molar-refractivity contribution < 1.29 is 9.21 Å². The number of anilines is 1. The van der Waals surface area contributed by atoms with E-state index in [1.165, 1.54) is 12.5 Å². The summed E-state index contributed by atoms with van der Waals surface area (Å²) >= 11 is 6.21. The standard InChI is InChI=1S/C22H20ClNO3/c23-18-9-5-4-8-16(18)21-13-19(25)17-12-15(10-11-20(17)27-21)24-22(26)14-6-2-1-3-7-14/h4-5,8-14H,1-3,6-7H2,(H,24,26).